The van der Waals surface area contributed by atoms with Crippen LogP contribution < -0.4 is 5.32 Å². The van der Waals surface area contributed by atoms with E-state index in [0.29, 0.717) is 19.6 Å². The summed E-state index contributed by atoms with van der Waals surface area (Å²) in [5.74, 6) is -0.345. The highest BCUT2D eigenvalue weighted by Crippen LogP contribution is 2.39. The molecule has 4 heteroatoms. The fourth-order valence-corrected chi connectivity index (χ4v) is 4.65. The molecule has 1 aliphatic carbocycles. The molecule has 2 spiro atoms. The Kier molecular flexibility index (Phi) is 4.65. The second kappa shape index (κ2) is 6.75. The van der Waals surface area contributed by atoms with Crippen LogP contribution in [0.3, 0.4) is 0 Å². The molecular weight excluding hydrogens is 302 g/mol. The van der Waals surface area contributed by atoms with Gasteiger partial charge in [0, 0.05) is 18.9 Å². The molecule has 4 nitrogen and oxygen atoms in total. The van der Waals surface area contributed by atoms with Crippen LogP contribution in [0.1, 0.15) is 50.5 Å². The number of piperidine rings is 1. The Bertz CT molecular complexity index is 531. The van der Waals surface area contributed by atoms with Gasteiger partial charge in [0.25, 0.3) is 0 Å². The van der Waals surface area contributed by atoms with Gasteiger partial charge < -0.3 is 19.9 Å². The third-order valence-electron chi connectivity index (χ3n) is 5.86. The highest BCUT2D eigenvalue weighted by Gasteiger charge is 2.48. The molecule has 0 radical (unpaired) electrons. The second-order valence-corrected chi connectivity index (χ2v) is 7.95. The molecule has 132 valence electrons. The summed E-state index contributed by atoms with van der Waals surface area (Å²) in [6.45, 7) is 1.30. The maximum atomic E-state index is 10.4. The molecule has 2 heterocycles. The topological polar surface area (TPSA) is 50.7 Å². The van der Waals surface area contributed by atoms with Gasteiger partial charge in [-0.3, -0.25) is 0 Å². The minimum Gasteiger partial charge on any atom is -0.393 e. The number of nitrogens with one attached hydrogen (secondary N) is 1. The van der Waals surface area contributed by atoms with Crippen LogP contribution in [-0.4, -0.2) is 41.8 Å². The number of aliphatic hydroxyl groups is 1. The first-order valence-corrected chi connectivity index (χ1v) is 9.45. The van der Waals surface area contributed by atoms with Crippen molar-refractivity contribution in [1.29, 1.82) is 0 Å². The Labute approximate surface area is 144 Å². The van der Waals surface area contributed by atoms with Gasteiger partial charge >= 0.3 is 0 Å². The lowest BCUT2D eigenvalue weighted by molar-refractivity contribution is -0.308. The zero-order valence-corrected chi connectivity index (χ0v) is 14.4. The van der Waals surface area contributed by atoms with Crippen LogP contribution in [0.2, 0.25) is 0 Å². The Balaban J connectivity index is 1.41. The minimum absolute atomic E-state index is 0.236. The van der Waals surface area contributed by atoms with Crippen molar-refractivity contribution in [3.8, 4) is 0 Å². The zero-order valence-electron chi connectivity index (χ0n) is 14.4. The lowest BCUT2D eigenvalue weighted by Crippen LogP contribution is -2.67. The third-order valence-corrected chi connectivity index (χ3v) is 5.86. The van der Waals surface area contributed by atoms with Crippen LogP contribution in [0, 0.1) is 0 Å². The summed E-state index contributed by atoms with van der Waals surface area (Å²) in [7, 11) is 0. The normalized spacial score (nSPS) is 32.0. The van der Waals surface area contributed by atoms with Crippen molar-refractivity contribution < 1.29 is 14.6 Å². The van der Waals surface area contributed by atoms with E-state index in [-0.39, 0.29) is 23.5 Å². The highest BCUT2D eigenvalue weighted by molar-refractivity contribution is 5.17. The van der Waals surface area contributed by atoms with E-state index in [2.05, 4.69) is 29.6 Å². The molecule has 0 aromatic heterocycles. The largest absolute Gasteiger partial charge is 0.393 e. The van der Waals surface area contributed by atoms with Crippen molar-refractivity contribution in [3.63, 3.8) is 0 Å². The Morgan fingerprint density at radius 2 is 1.75 bits per heavy atom. The van der Waals surface area contributed by atoms with Crippen molar-refractivity contribution in [2.75, 3.05) is 13.2 Å². The van der Waals surface area contributed by atoms with Crippen molar-refractivity contribution in [2.24, 2.45) is 0 Å². The lowest BCUT2D eigenvalue weighted by atomic mass is 9.82. The summed E-state index contributed by atoms with van der Waals surface area (Å²) in [6.07, 6.45) is 7.86. The first-order chi connectivity index (χ1) is 11.7. The number of benzene rings is 1. The first kappa shape index (κ1) is 16.5. The molecule has 0 amide bonds. The van der Waals surface area contributed by atoms with Gasteiger partial charge in [-0.15, -0.1) is 0 Å². The fraction of sp³-hybridized carbons (Fsp3) is 0.700. The molecule has 2 saturated heterocycles. The Hall–Kier alpha value is -0.940. The van der Waals surface area contributed by atoms with Crippen LogP contribution in [-0.2, 0) is 15.9 Å². The number of hydrogen-bond donors (Lipinski definition) is 2. The van der Waals surface area contributed by atoms with Gasteiger partial charge in [-0.05, 0) is 37.7 Å². The van der Waals surface area contributed by atoms with E-state index in [1.54, 1.807) is 0 Å². The molecule has 1 saturated carbocycles. The SMILES string of the molecule is O[C@H]1CC(Cc2ccccc2)NC2(COC3(CCCCC3)OC2)C1. The molecule has 24 heavy (non-hydrogen) atoms. The van der Waals surface area contributed by atoms with Gasteiger partial charge in [0.1, 0.15) is 0 Å². The van der Waals surface area contributed by atoms with E-state index in [9.17, 15) is 5.11 Å². The van der Waals surface area contributed by atoms with Crippen LogP contribution in [0.25, 0.3) is 0 Å². The van der Waals surface area contributed by atoms with Crippen molar-refractivity contribution >= 4 is 0 Å². The number of aliphatic hydroxyl groups excluding tert-OH is 1. The zero-order chi connectivity index (χ0) is 16.5. The Morgan fingerprint density at radius 3 is 2.46 bits per heavy atom. The first-order valence-electron chi connectivity index (χ1n) is 9.45. The molecule has 2 atom stereocenters. The third kappa shape index (κ3) is 3.52. The molecule has 4 rings (SSSR count). The number of ether oxygens (including phenoxy) is 2. The average molecular weight is 331 g/mol. The van der Waals surface area contributed by atoms with Crippen molar-refractivity contribution in [1.82, 2.24) is 5.32 Å². The maximum absolute atomic E-state index is 10.4. The predicted molar refractivity (Wildman–Crippen MR) is 92.8 cm³/mol. The van der Waals surface area contributed by atoms with Gasteiger partial charge in [0.15, 0.2) is 5.79 Å². The molecule has 1 aromatic carbocycles. The summed E-state index contributed by atoms with van der Waals surface area (Å²) in [4.78, 5) is 0. The quantitative estimate of drug-likeness (QED) is 0.875. The van der Waals surface area contributed by atoms with Gasteiger partial charge in [-0.25, -0.2) is 0 Å². The summed E-state index contributed by atoms with van der Waals surface area (Å²) >= 11 is 0. The van der Waals surface area contributed by atoms with Crippen LogP contribution in [0.4, 0.5) is 0 Å². The molecular formula is C20H29NO3. The molecule has 1 unspecified atom stereocenters. The van der Waals surface area contributed by atoms with Crippen LogP contribution in [0.15, 0.2) is 30.3 Å². The molecule has 0 bridgehead atoms. The predicted octanol–water partition coefficient (Wildman–Crippen LogP) is 2.79. The van der Waals surface area contributed by atoms with E-state index in [0.717, 1.165) is 25.7 Å². The Morgan fingerprint density at radius 1 is 1.04 bits per heavy atom. The average Bonchev–Trinajstić information content (AvgIpc) is 2.59. The standard InChI is InChI=1S/C20H29NO3/c22-18-12-17(11-16-7-3-1-4-8-16)21-19(13-18)14-23-20(24-15-19)9-5-2-6-10-20/h1,3-4,7-8,17-18,21-22H,2,5-6,9-15H2/t17?,18-/m0/s1. The molecule has 2 aliphatic heterocycles. The van der Waals surface area contributed by atoms with Crippen molar-refractivity contribution in [3.05, 3.63) is 35.9 Å². The smallest absolute Gasteiger partial charge is 0.168 e. The van der Waals surface area contributed by atoms with E-state index in [1.807, 2.05) is 6.07 Å². The second-order valence-electron chi connectivity index (χ2n) is 7.95. The maximum Gasteiger partial charge on any atom is 0.168 e. The molecule has 3 fully saturated rings. The lowest BCUT2D eigenvalue weighted by Gasteiger charge is -2.52. The summed E-state index contributed by atoms with van der Waals surface area (Å²) in [5.41, 5.74) is 1.07. The number of rotatable bonds is 2. The summed E-state index contributed by atoms with van der Waals surface area (Å²) in [5, 5.41) is 14.2. The van der Waals surface area contributed by atoms with Gasteiger partial charge in [-0.2, -0.15) is 0 Å². The van der Waals surface area contributed by atoms with E-state index >= 15 is 0 Å². The van der Waals surface area contributed by atoms with E-state index < -0.39 is 0 Å². The molecule has 3 aliphatic rings. The minimum atomic E-state index is -0.345. The van der Waals surface area contributed by atoms with Gasteiger partial charge in [0.05, 0.1) is 24.9 Å². The molecule has 2 N–H and O–H groups in total. The number of hydrogen-bond acceptors (Lipinski definition) is 4. The van der Waals surface area contributed by atoms with Crippen LogP contribution >= 0.6 is 0 Å². The highest BCUT2D eigenvalue weighted by atomic mass is 16.7. The summed E-state index contributed by atoms with van der Waals surface area (Å²) < 4.78 is 12.5. The fourth-order valence-electron chi connectivity index (χ4n) is 4.65. The molecule has 1 aromatic rings. The van der Waals surface area contributed by atoms with E-state index in [1.165, 1.54) is 24.8 Å². The van der Waals surface area contributed by atoms with Gasteiger partial charge in [-0.1, -0.05) is 36.8 Å². The van der Waals surface area contributed by atoms with Gasteiger partial charge in [0.2, 0.25) is 0 Å². The van der Waals surface area contributed by atoms with Crippen LogP contribution in [0.5, 0.6) is 0 Å². The monoisotopic (exact) mass is 331 g/mol. The summed E-state index contributed by atoms with van der Waals surface area (Å²) in [6, 6.07) is 10.8. The van der Waals surface area contributed by atoms with E-state index in [4.69, 9.17) is 9.47 Å². The van der Waals surface area contributed by atoms with Crippen molar-refractivity contribution in [2.45, 2.75) is 74.8 Å².